The number of rotatable bonds is 2. The topological polar surface area (TPSA) is 33.2 Å². The summed E-state index contributed by atoms with van der Waals surface area (Å²) >= 11 is 0. The first-order chi connectivity index (χ1) is 9.88. The molecule has 0 aromatic carbocycles. The summed E-state index contributed by atoms with van der Waals surface area (Å²) in [6.07, 6.45) is 0.992. The predicted molar refractivity (Wildman–Crippen MR) is 70.9 cm³/mol. The summed E-state index contributed by atoms with van der Waals surface area (Å²) in [6, 6.07) is 1.53. The van der Waals surface area contributed by atoms with Gasteiger partial charge in [0.1, 0.15) is 0 Å². The molecule has 114 valence electrons. The minimum Gasteiger partial charge on any atom is -0.300 e. The lowest BCUT2D eigenvalue weighted by Crippen LogP contribution is -2.42. The van der Waals surface area contributed by atoms with Crippen LogP contribution >= 0.6 is 0 Å². The van der Waals surface area contributed by atoms with Crippen molar-refractivity contribution in [3.8, 4) is 0 Å². The SMILES string of the molecule is CN1C2CCC1CC(C(=O)c1cnccc1C(F)(F)F)C2. The van der Waals surface area contributed by atoms with Gasteiger partial charge in [-0.15, -0.1) is 0 Å². The van der Waals surface area contributed by atoms with E-state index in [1.807, 2.05) is 7.05 Å². The van der Waals surface area contributed by atoms with Crippen LogP contribution in [0.3, 0.4) is 0 Å². The molecule has 21 heavy (non-hydrogen) atoms. The summed E-state index contributed by atoms with van der Waals surface area (Å²) < 4.78 is 39.0. The van der Waals surface area contributed by atoms with Gasteiger partial charge in [0.05, 0.1) is 5.56 Å². The zero-order chi connectivity index (χ0) is 15.2. The number of aromatic nitrogens is 1. The number of Topliss-reactive ketones (excluding diaryl/α,β-unsaturated/α-hetero) is 1. The van der Waals surface area contributed by atoms with Crippen molar-refractivity contribution in [2.75, 3.05) is 7.05 Å². The van der Waals surface area contributed by atoms with Gasteiger partial charge in [-0.25, -0.2) is 0 Å². The van der Waals surface area contributed by atoms with Crippen molar-refractivity contribution in [3.05, 3.63) is 29.6 Å². The number of ketones is 1. The summed E-state index contributed by atoms with van der Waals surface area (Å²) in [7, 11) is 2.04. The molecule has 1 aromatic rings. The summed E-state index contributed by atoms with van der Waals surface area (Å²) in [5, 5.41) is 0. The normalized spacial score (nSPS) is 29.6. The monoisotopic (exact) mass is 298 g/mol. The van der Waals surface area contributed by atoms with E-state index >= 15 is 0 Å². The zero-order valence-corrected chi connectivity index (χ0v) is 11.7. The Morgan fingerprint density at radius 3 is 2.48 bits per heavy atom. The fourth-order valence-electron chi connectivity index (χ4n) is 3.68. The molecule has 3 rings (SSSR count). The van der Waals surface area contributed by atoms with Crippen molar-refractivity contribution in [2.24, 2.45) is 5.92 Å². The summed E-state index contributed by atoms with van der Waals surface area (Å²) in [5.74, 6) is -0.718. The Labute approximate surface area is 121 Å². The zero-order valence-electron chi connectivity index (χ0n) is 11.7. The second-order valence-corrected chi connectivity index (χ2v) is 6.00. The van der Waals surface area contributed by atoms with E-state index in [0.717, 1.165) is 31.3 Å². The molecular weight excluding hydrogens is 281 g/mol. The Morgan fingerprint density at radius 2 is 1.90 bits per heavy atom. The van der Waals surface area contributed by atoms with Gasteiger partial charge in [-0.2, -0.15) is 13.2 Å². The molecule has 1 aromatic heterocycles. The number of carbonyl (C=O) groups excluding carboxylic acids is 1. The third-order valence-corrected chi connectivity index (χ3v) is 4.86. The molecule has 6 heteroatoms. The highest BCUT2D eigenvalue weighted by Gasteiger charge is 2.43. The lowest BCUT2D eigenvalue weighted by atomic mass is 9.84. The Bertz CT molecular complexity index is 544. The van der Waals surface area contributed by atoms with Gasteiger partial charge in [-0.3, -0.25) is 9.78 Å². The molecule has 3 nitrogen and oxygen atoms in total. The number of halogens is 3. The fraction of sp³-hybridized carbons (Fsp3) is 0.600. The van der Waals surface area contributed by atoms with Crippen LogP contribution in [0.4, 0.5) is 13.2 Å². The van der Waals surface area contributed by atoms with Gasteiger partial charge < -0.3 is 4.90 Å². The summed E-state index contributed by atoms with van der Waals surface area (Å²) in [4.78, 5) is 18.5. The maximum absolute atomic E-state index is 13.0. The first kappa shape index (κ1) is 14.5. The predicted octanol–water partition coefficient (Wildman–Crippen LogP) is 3.16. The molecule has 0 radical (unpaired) electrons. The van der Waals surface area contributed by atoms with E-state index in [2.05, 4.69) is 9.88 Å². The van der Waals surface area contributed by atoms with E-state index in [1.54, 1.807) is 0 Å². The van der Waals surface area contributed by atoms with Crippen LogP contribution in [-0.4, -0.2) is 34.8 Å². The molecule has 2 aliphatic rings. The number of hydrogen-bond donors (Lipinski definition) is 0. The maximum Gasteiger partial charge on any atom is 0.417 e. The van der Waals surface area contributed by atoms with Crippen molar-refractivity contribution in [1.82, 2.24) is 9.88 Å². The van der Waals surface area contributed by atoms with Gasteiger partial charge in [-0.05, 0) is 38.8 Å². The van der Waals surface area contributed by atoms with E-state index in [0.29, 0.717) is 24.9 Å². The minimum atomic E-state index is -4.52. The number of pyridine rings is 1. The number of hydrogen-bond acceptors (Lipinski definition) is 3. The van der Waals surface area contributed by atoms with Crippen LogP contribution in [0.15, 0.2) is 18.5 Å². The van der Waals surface area contributed by atoms with E-state index in [4.69, 9.17) is 0 Å². The number of carbonyl (C=O) groups is 1. The van der Waals surface area contributed by atoms with Gasteiger partial charge in [0.25, 0.3) is 0 Å². The third kappa shape index (κ3) is 2.57. The van der Waals surface area contributed by atoms with E-state index in [-0.39, 0.29) is 11.5 Å². The lowest BCUT2D eigenvalue weighted by molar-refractivity contribution is -0.138. The molecule has 0 N–H and O–H groups in total. The molecule has 0 saturated carbocycles. The average molecular weight is 298 g/mol. The molecule has 0 aliphatic carbocycles. The fourth-order valence-corrected chi connectivity index (χ4v) is 3.68. The molecule has 2 unspecified atom stereocenters. The molecule has 0 amide bonds. The van der Waals surface area contributed by atoms with Crippen molar-refractivity contribution in [1.29, 1.82) is 0 Å². The first-order valence-electron chi connectivity index (χ1n) is 7.15. The Hall–Kier alpha value is -1.43. The van der Waals surface area contributed by atoms with E-state index < -0.39 is 17.5 Å². The quantitative estimate of drug-likeness (QED) is 0.786. The van der Waals surface area contributed by atoms with Crippen LogP contribution in [0, 0.1) is 5.92 Å². The van der Waals surface area contributed by atoms with Gasteiger partial charge >= 0.3 is 6.18 Å². The molecule has 2 saturated heterocycles. The number of piperidine rings is 1. The Balaban J connectivity index is 1.87. The van der Waals surface area contributed by atoms with E-state index in [9.17, 15) is 18.0 Å². The van der Waals surface area contributed by atoms with Crippen LogP contribution in [0.25, 0.3) is 0 Å². The second kappa shape index (κ2) is 5.09. The lowest BCUT2D eigenvalue weighted by Gasteiger charge is -2.35. The molecule has 2 aliphatic heterocycles. The van der Waals surface area contributed by atoms with Gasteiger partial charge in [0.15, 0.2) is 5.78 Å². The highest BCUT2D eigenvalue weighted by atomic mass is 19.4. The number of fused-ring (bicyclic) bond motifs is 2. The standard InChI is InChI=1S/C15H17F3N2O/c1-20-10-2-3-11(20)7-9(6-10)14(21)12-8-19-5-4-13(12)15(16,17)18/h4-5,8-11H,2-3,6-7H2,1H3. The highest BCUT2D eigenvalue weighted by molar-refractivity contribution is 5.99. The van der Waals surface area contributed by atoms with E-state index in [1.165, 1.54) is 0 Å². The third-order valence-electron chi connectivity index (χ3n) is 4.86. The highest BCUT2D eigenvalue weighted by Crippen LogP contribution is 2.40. The molecule has 2 atom stereocenters. The van der Waals surface area contributed by atoms with Gasteiger partial charge in [0, 0.05) is 36.0 Å². The smallest absolute Gasteiger partial charge is 0.300 e. The maximum atomic E-state index is 13.0. The van der Waals surface area contributed by atoms with Crippen LogP contribution in [0.5, 0.6) is 0 Å². The van der Waals surface area contributed by atoms with Gasteiger partial charge in [-0.1, -0.05) is 0 Å². The molecular formula is C15H17F3N2O. The minimum absolute atomic E-state index is 0.279. The van der Waals surface area contributed by atoms with Crippen molar-refractivity contribution in [3.63, 3.8) is 0 Å². The number of alkyl halides is 3. The summed E-state index contributed by atoms with van der Waals surface area (Å²) in [6.45, 7) is 0. The van der Waals surface area contributed by atoms with Crippen LogP contribution in [-0.2, 0) is 6.18 Å². The Kier molecular flexibility index (Phi) is 3.51. The van der Waals surface area contributed by atoms with Crippen LogP contribution in [0.2, 0.25) is 0 Å². The molecule has 0 spiro atoms. The van der Waals surface area contributed by atoms with Crippen molar-refractivity contribution < 1.29 is 18.0 Å². The summed E-state index contributed by atoms with van der Waals surface area (Å²) in [5.41, 5.74) is -1.15. The van der Waals surface area contributed by atoms with Gasteiger partial charge in [0.2, 0.25) is 0 Å². The average Bonchev–Trinajstić information content (AvgIpc) is 2.66. The van der Waals surface area contributed by atoms with Crippen LogP contribution < -0.4 is 0 Å². The first-order valence-corrected chi connectivity index (χ1v) is 7.15. The van der Waals surface area contributed by atoms with Crippen molar-refractivity contribution in [2.45, 2.75) is 43.9 Å². The second-order valence-electron chi connectivity index (χ2n) is 6.00. The molecule has 2 bridgehead atoms. The molecule has 3 heterocycles. The van der Waals surface area contributed by atoms with Crippen LogP contribution in [0.1, 0.15) is 41.6 Å². The Morgan fingerprint density at radius 1 is 1.29 bits per heavy atom. The largest absolute Gasteiger partial charge is 0.417 e. The van der Waals surface area contributed by atoms with Crippen molar-refractivity contribution >= 4 is 5.78 Å². The number of nitrogens with zero attached hydrogens (tertiary/aromatic N) is 2. The molecule has 2 fully saturated rings.